The van der Waals surface area contributed by atoms with E-state index in [1.165, 1.54) is 10.5 Å². The first-order valence-corrected chi connectivity index (χ1v) is 7.71. The van der Waals surface area contributed by atoms with Crippen LogP contribution in [0.25, 0.3) is 0 Å². The molecular weight excluding hydrogens is 276 g/mol. The van der Waals surface area contributed by atoms with Gasteiger partial charge in [-0.25, -0.2) is 0 Å². The number of ether oxygens (including phenoxy) is 1. The van der Waals surface area contributed by atoms with Crippen LogP contribution in [0.2, 0.25) is 5.02 Å². The molecule has 2 aromatic carbocycles. The van der Waals surface area contributed by atoms with Crippen LogP contribution in [0.1, 0.15) is 17.0 Å². The molecule has 0 saturated heterocycles. The summed E-state index contributed by atoms with van der Waals surface area (Å²) >= 11 is 7.87. The first-order chi connectivity index (χ1) is 9.24. The zero-order chi connectivity index (χ0) is 13.2. The summed E-state index contributed by atoms with van der Waals surface area (Å²) in [5.41, 5.74) is 2.51. The van der Waals surface area contributed by atoms with Crippen LogP contribution in [0.4, 0.5) is 0 Å². The van der Waals surface area contributed by atoms with Gasteiger partial charge in [-0.05, 0) is 42.3 Å². The molecule has 0 spiro atoms. The van der Waals surface area contributed by atoms with Gasteiger partial charge in [0.25, 0.3) is 0 Å². The van der Waals surface area contributed by atoms with Gasteiger partial charge >= 0.3 is 0 Å². The molecule has 0 N–H and O–H groups in total. The van der Waals surface area contributed by atoms with Gasteiger partial charge in [-0.3, -0.25) is 0 Å². The summed E-state index contributed by atoms with van der Waals surface area (Å²) in [4.78, 5) is 1.39. The molecule has 0 bridgehead atoms. The number of hydrogen-bond acceptors (Lipinski definition) is 2. The number of halogens is 1. The first-order valence-electron chi connectivity index (χ1n) is 6.35. The molecule has 1 nitrogen and oxygen atoms in total. The number of rotatable bonds is 3. The second kappa shape index (κ2) is 5.48. The Morgan fingerprint density at radius 3 is 2.95 bits per heavy atom. The monoisotopic (exact) mass is 290 g/mol. The minimum absolute atomic E-state index is 0.483. The average molecular weight is 291 g/mol. The standard InChI is InChI=1S/C16H15ClOS/c1-11-8-13(17)6-7-15(11)18-9-12-10-19-16-5-3-2-4-14(12)16/h2-8,12H,9-10H2,1H3. The smallest absolute Gasteiger partial charge is 0.122 e. The lowest BCUT2D eigenvalue weighted by Crippen LogP contribution is -2.10. The molecule has 1 unspecified atom stereocenters. The molecule has 0 fully saturated rings. The van der Waals surface area contributed by atoms with Crippen molar-refractivity contribution >= 4 is 23.4 Å². The van der Waals surface area contributed by atoms with Crippen molar-refractivity contribution in [3.05, 3.63) is 58.6 Å². The molecule has 0 radical (unpaired) electrons. The number of fused-ring (bicyclic) bond motifs is 1. The molecule has 0 aromatic heterocycles. The van der Waals surface area contributed by atoms with Crippen molar-refractivity contribution in [2.24, 2.45) is 0 Å². The second-order valence-corrected chi connectivity index (χ2v) is 6.26. The van der Waals surface area contributed by atoms with Crippen molar-refractivity contribution in [2.75, 3.05) is 12.4 Å². The van der Waals surface area contributed by atoms with Gasteiger partial charge in [0, 0.05) is 21.6 Å². The zero-order valence-corrected chi connectivity index (χ0v) is 12.3. The number of aryl methyl sites for hydroxylation is 1. The van der Waals surface area contributed by atoms with Gasteiger partial charge in [-0.1, -0.05) is 29.8 Å². The summed E-state index contributed by atoms with van der Waals surface area (Å²) < 4.78 is 5.96. The van der Waals surface area contributed by atoms with Crippen LogP contribution in [0.5, 0.6) is 5.75 Å². The van der Waals surface area contributed by atoms with Crippen molar-refractivity contribution in [1.82, 2.24) is 0 Å². The van der Waals surface area contributed by atoms with Gasteiger partial charge in [-0.2, -0.15) is 0 Å². The van der Waals surface area contributed by atoms with Crippen LogP contribution >= 0.6 is 23.4 Å². The normalized spacial score (nSPS) is 17.3. The second-order valence-electron chi connectivity index (χ2n) is 4.77. The summed E-state index contributed by atoms with van der Waals surface area (Å²) in [5, 5.41) is 0.756. The Hall–Kier alpha value is -1.12. The maximum absolute atomic E-state index is 5.96. The topological polar surface area (TPSA) is 9.23 Å². The van der Waals surface area contributed by atoms with Crippen LogP contribution in [0.3, 0.4) is 0 Å². The van der Waals surface area contributed by atoms with Crippen molar-refractivity contribution in [1.29, 1.82) is 0 Å². The molecule has 0 amide bonds. The molecule has 3 rings (SSSR count). The first kappa shape index (κ1) is 12.9. The Morgan fingerprint density at radius 2 is 2.11 bits per heavy atom. The predicted molar refractivity (Wildman–Crippen MR) is 81.6 cm³/mol. The molecule has 2 aromatic rings. The highest BCUT2D eigenvalue weighted by atomic mass is 35.5. The average Bonchev–Trinajstić information content (AvgIpc) is 2.81. The van der Waals surface area contributed by atoms with Crippen molar-refractivity contribution in [2.45, 2.75) is 17.7 Å². The summed E-state index contributed by atoms with van der Waals surface area (Å²) in [6.07, 6.45) is 0. The fourth-order valence-corrected chi connectivity index (χ4v) is 3.79. The van der Waals surface area contributed by atoms with Gasteiger partial charge in [0.1, 0.15) is 5.75 Å². The lowest BCUT2D eigenvalue weighted by Gasteiger charge is -2.14. The minimum atomic E-state index is 0.483. The Balaban J connectivity index is 1.71. The third-order valence-corrected chi connectivity index (χ3v) is 4.86. The summed E-state index contributed by atoms with van der Waals surface area (Å²) in [6.45, 7) is 2.76. The largest absolute Gasteiger partial charge is 0.493 e. The van der Waals surface area contributed by atoms with Crippen molar-refractivity contribution in [3.63, 3.8) is 0 Å². The van der Waals surface area contributed by atoms with Crippen LogP contribution in [0, 0.1) is 6.92 Å². The van der Waals surface area contributed by atoms with E-state index in [4.69, 9.17) is 16.3 Å². The highest BCUT2D eigenvalue weighted by molar-refractivity contribution is 7.99. The van der Waals surface area contributed by atoms with Gasteiger partial charge in [0.2, 0.25) is 0 Å². The molecule has 3 heteroatoms. The van der Waals surface area contributed by atoms with Crippen LogP contribution in [-0.2, 0) is 0 Å². The van der Waals surface area contributed by atoms with Crippen molar-refractivity contribution < 1.29 is 4.74 Å². The summed E-state index contributed by atoms with van der Waals surface area (Å²) in [7, 11) is 0. The van der Waals surface area contributed by atoms with E-state index in [2.05, 4.69) is 24.3 Å². The lowest BCUT2D eigenvalue weighted by molar-refractivity contribution is 0.296. The Morgan fingerprint density at radius 1 is 1.26 bits per heavy atom. The molecule has 1 heterocycles. The van der Waals surface area contributed by atoms with Crippen LogP contribution in [-0.4, -0.2) is 12.4 Å². The minimum Gasteiger partial charge on any atom is -0.493 e. The summed E-state index contributed by atoms with van der Waals surface area (Å²) in [5.74, 6) is 2.52. The quantitative estimate of drug-likeness (QED) is 0.794. The highest BCUT2D eigenvalue weighted by Gasteiger charge is 2.23. The van der Waals surface area contributed by atoms with Gasteiger partial charge < -0.3 is 4.74 Å². The SMILES string of the molecule is Cc1cc(Cl)ccc1OCC1CSc2ccccc21. The molecule has 19 heavy (non-hydrogen) atoms. The number of hydrogen-bond donors (Lipinski definition) is 0. The van der Waals surface area contributed by atoms with E-state index < -0.39 is 0 Å². The van der Waals surface area contributed by atoms with Gasteiger partial charge in [0.15, 0.2) is 0 Å². The van der Waals surface area contributed by atoms with Gasteiger partial charge in [-0.15, -0.1) is 11.8 Å². The molecule has 98 valence electrons. The summed E-state index contributed by atoms with van der Waals surface area (Å²) in [6, 6.07) is 14.4. The van der Waals surface area contributed by atoms with E-state index >= 15 is 0 Å². The highest BCUT2D eigenvalue weighted by Crippen LogP contribution is 2.39. The fourth-order valence-electron chi connectivity index (χ4n) is 2.33. The molecule has 0 saturated carbocycles. The van der Waals surface area contributed by atoms with E-state index in [9.17, 15) is 0 Å². The van der Waals surface area contributed by atoms with E-state index in [1.807, 2.05) is 36.9 Å². The van der Waals surface area contributed by atoms with Crippen LogP contribution in [0.15, 0.2) is 47.4 Å². The molecule has 1 aliphatic rings. The van der Waals surface area contributed by atoms with E-state index in [0.717, 1.165) is 28.7 Å². The van der Waals surface area contributed by atoms with Crippen LogP contribution < -0.4 is 4.74 Å². The van der Waals surface area contributed by atoms with Crippen molar-refractivity contribution in [3.8, 4) is 5.75 Å². The molecule has 1 atom stereocenters. The number of benzene rings is 2. The predicted octanol–water partition coefficient (Wildman–Crippen LogP) is 4.92. The fraction of sp³-hybridized carbons (Fsp3) is 0.250. The number of thioether (sulfide) groups is 1. The third-order valence-electron chi connectivity index (χ3n) is 3.38. The molecular formula is C16H15ClOS. The Bertz CT molecular complexity index is 597. The molecule has 1 aliphatic heterocycles. The maximum atomic E-state index is 5.96. The Kier molecular flexibility index (Phi) is 3.72. The van der Waals surface area contributed by atoms with Gasteiger partial charge in [0.05, 0.1) is 6.61 Å². The maximum Gasteiger partial charge on any atom is 0.122 e. The van der Waals surface area contributed by atoms with E-state index in [0.29, 0.717) is 5.92 Å². The third kappa shape index (κ3) is 2.75. The van der Waals surface area contributed by atoms with E-state index in [-0.39, 0.29) is 0 Å². The zero-order valence-electron chi connectivity index (χ0n) is 10.7. The molecule has 0 aliphatic carbocycles. The van der Waals surface area contributed by atoms with E-state index in [1.54, 1.807) is 0 Å². The Labute approximate surface area is 122 Å². The lowest BCUT2D eigenvalue weighted by atomic mass is 10.0.